The van der Waals surface area contributed by atoms with E-state index in [0.717, 1.165) is 19.3 Å². The smallest absolute Gasteiger partial charge is 0.409 e. The second-order valence-electron chi connectivity index (χ2n) is 8.99. The molecule has 3 aliphatic heterocycles. The van der Waals surface area contributed by atoms with Crippen LogP contribution < -0.4 is 9.47 Å². The fourth-order valence-electron chi connectivity index (χ4n) is 5.16. The Morgan fingerprint density at radius 3 is 2.38 bits per heavy atom. The average Bonchev–Trinajstić information content (AvgIpc) is 3.30. The van der Waals surface area contributed by atoms with Gasteiger partial charge in [-0.3, -0.25) is 9.59 Å². The zero-order valence-electron chi connectivity index (χ0n) is 18.4. The average molecular weight is 444 g/mol. The topological polar surface area (TPSA) is 88.6 Å². The molecule has 32 heavy (non-hydrogen) atoms. The first-order chi connectivity index (χ1) is 15.5. The van der Waals surface area contributed by atoms with Crippen LogP contribution in [0, 0.1) is 11.3 Å². The molecule has 0 unspecified atom stereocenters. The van der Waals surface area contributed by atoms with E-state index in [0.29, 0.717) is 62.9 Å². The third-order valence-electron chi connectivity index (χ3n) is 7.27. The summed E-state index contributed by atoms with van der Waals surface area (Å²) >= 11 is 0. The maximum Gasteiger partial charge on any atom is 0.409 e. The lowest BCUT2D eigenvalue weighted by Gasteiger charge is -2.36. The molecule has 1 aromatic rings. The van der Waals surface area contributed by atoms with Crippen molar-refractivity contribution in [2.75, 3.05) is 52.7 Å². The van der Waals surface area contributed by atoms with Gasteiger partial charge in [-0.25, -0.2) is 4.79 Å². The van der Waals surface area contributed by atoms with Gasteiger partial charge in [0.25, 0.3) is 5.91 Å². The first-order valence-corrected chi connectivity index (χ1v) is 11.4. The molecule has 3 heterocycles. The summed E-state index contributed by atoms with van der Waals surface area (Å²) in [6.07, 6.45) is 2.29. The molecule has 4 aliphatic rings. The number of benzene rings is 1. The molecule has 1 saturated carbocycles. The summed E-state index contributed by atoms with van der Waals surface area (Å²) in [6.45, 7) is 5.80. The Morgan fingerprint density at radius 2 is 1.66 bits per heavy atom. The molecule has 1 spiro atoms. The number of hydrogen-bond donors (Lipinski definition) is 0. The van der Waals surface area contributed by atoms with Crippen molar-refractivity contribution in [3.8, 4) is 11.5 Å². The highest BCUT2D eigenvalue weighted by molar-refractivity contribution is 5.95. The van der Waals surface area contributed by atoms with Gasteiger partial charge in [-0.2, -0.15) is 0 Å². The number of rotatable bonds is 3. The van der Waals surface area contributed by atoms with Gasteiger partial charge in [0.15, 0.2) is 11.5 Å². The molecule has 172 valence electrons. The molecule has 1 aliphatic carbocycles. The predicted octanol–water partition coefficient (Wildman–Crippen LogP) is 1.96. The van der Waals surface area contributed by atoms with Crippen LogP contribution >= 0.6 is 0 Å². The van der Waals surface area contributed by atoms with Crippen LogP contribution in [0.2, 0.25) is 0 Å². The predicted molar refractivity (Wildman–Crippen MR) is 113 cm³/mol. The zero-order valence-corrected chi connectivity index (χ0v) is 18.4. The second kappa shape index (κ2) is 8.18. The van der Waals surface area contributed by atoms with Gasteiger partial charge in [-0.15, -0.1) is 0 Å². The van der Waals surface area contributed by atoms with Gasteiger partial charge in [0.2, 0.25) is 12.7 Å². The normalized spacial score (nSPS) is 23.3. The highest BCUT2D eigenvalue weighted by atomic mass is 16.7. The van der Waals surface area contributed by atoms with Gasteiger partial charge < -0.3 is 28.9 Å². The zero-order chi connectivity index (χ0) is 22.3. The van der Waals surface area contributed by atoms with E-state index in [1.807, 2.05) is 9.80 Å². The number of carbonyl (C=O) groups excluding carboxylic acids is 3. The Hall–Kier alpha value is -2.97. The molecule has 2 saturated heterocycles. The summed E-state index contributed by atoms with van der Waals surface area (Å²) < 4.78 is 15.8. The molecule has 3 fully saturated rings. The summed E-state index contributed by atoms with van der Waals surface area (Å²) in [4.78, 5) is 43.3. The quantitative estimate of drug-likeness (QED) is 0.710. The minimum absolute atomic E-state index is 0.00300. The number of hydrogen-bond acceptors (Lipinski definition) is 6. The Morgan fingerprint density at radius 1 is 0.969 bits per heavy atom. The molecule has 0 bridgehead atoms. The molecule has 3 amide bonds. The summed E-state index contributed by atoms with van der Waals surface area (Å²) in [5, 5.41) is 0. The maximum absolute atomic E-state index is 13.1. The lowest BCUT2D eigenvalue weighted by Crippen LogP contribution is -2.51. The Labute approximate surface area is 187 Å². The standard InChI is InChI=1S/C23H29N3O6/c1-2-30-22(29)26-11-9-25(10-12-26)21(28)17-14-23(17)5-7-24(8-6-23)20(27)16-3-4-18-19(13-16)32-15-31-18/h3-4,13,17H,2,5-12,14-15H2,1H3/t17-/m0/s1. The number of amides is 3. The van der Waals surface area contributed by atoms with E-state index in [9.17, 15) is 14.4 Å². The van der Waals surface area contributed by atoms with Crippen LogP contribution in [0.15, 0.2) is 18.2 Å². The van der Waals surface area contributed by atoms with Gasteiger partial charge >= 0.3 is 6.09 Å². The molecule has 1 atom stereocenters. The van der Waals surface area contributed by atoms with Crippen LogP contribution in [0.4, 0.5) is 4.79 Å². The number of fused-ring (bicyclic) bond motifs is 1. The molecular weight excluding hydrogens is 414 g/mol. The fourth-order valence-corrected chi connectivity index (χ4v) is 5.16. The first-order valence-electron chi connectivity index (χ1n) is 11.4. The second-order valence-corrected chi connectivity index (χ2v) is 8.99. The number of likely N-dealkylation sites (tertiary alicyclic amines) is 1. The van der Waals surface area contributed by atoms with Crippen LogP contribution in [-0.2, 0) is 9.53 Å². The van der Waals surface area contributed by atoms with Gasteiger partial charge in [0.1, 0.15) is 0 Å². The molecule has 9 heteroatoms. The van der Waals surface area contributed by atoms with Crippen LogP contribution in [0.3, 0.4) is 0 Å². The largest absolute Gasteiger partial charge is 0.454 e. The Bertz CT molecular complexity index is 918. The van der Waals surface area contributed by atoms with Crippen LogP contribution in [0.25, 0.3) is 0 Å². The molecule has 0 radical (unpaired) electrons. The van der Waals surface area contributed by atoms with E-state index < -0.39 is 0 Å². The van der Waals surface area contributed by atoms with E-state index >= 15 is 0 Å². The summed E-state index contributed by atoms with van der Waals surface area (Å²) in [5.41, 5.74) is 0.634. The molecule has 9 nitrogen and oxygen atoms in total. The molecule has 1 aromatic carbocycles. The lowest BCUT2D eigenvalue weighted by molar-refractivity contribution is -0.135. The van der Waals surface area contributed by atoms with Crippen LogP contribution in [0.5, 0.6) is 11.5 Å². The van der Waals surface area contributed by atoms with E-state index in [2.05, 4.69) is 0 Å². The Kier molecular flexibility index (Phi) is 5.35. The number of carbonyl (C=O) groups is 3. The van der Waals surface area contributed by atoms with E-state index in [1.165, 1.54) is 0 Å². The fraction of sp³-hybridized carbons (Fsp3) is 0.609. The number of piperazine rings is 1. The molecular formula is C23H29N3O6. The van der Waals surface area contributed by atoms with Crippen molar-refractivity contribution in [2.24, 2.45) is 11.3 Å². The van der Waals surface area contributed by atoms with Gasteiger partial charge in [0, 0.05) is 50.7 Å². The van der Waals surface area contributed by atoms with E-state index in [1.54, 1.807) is 30.0 Å². The number of piperidine rings is 1. The SMILES string of the molecule is CCOC(=O)N1CCN(C(=O)[C@@H]2CC23CCN(C(=O)c2ccc4c(c2)OCO4)CC3)CC1. The molecule has 0 N–H and O–H groups in total. The number of ether oxygens (including phenoxy) is 3. The molecule has 5 rings (SSSR count). The van der Waals surface area contributed by atoms with Crippen molar-refractivity contribution in [3.05, 3.63) is 23.8 Å². The number of nitrogens with zero attached hydrogens (tertiary/aromatic N) is 3. The van der Waals surface area contributed by atoms with Crippen LogP contribution in [0.1, 0.15) is 36.5 Å². The van der Waals surface area contributed by atoms with Crippen LogP contribution in [-0.4, -0.2) is 85.3 Å². The van der Waals surface area contributed by atoms with Crippen molar-refractivity contribution < 1.29 is 28.6 Å². The van der Waals surface area contributed by atoms with Crippen molar-refractivity contribution in [3.63, 3.8) is 0 Å². The summed E-state index contributed by atoms with van der Waals surface area (Å²) in [7, 11) is 0. The third-order valence-corrected chi connectivity index (χ3v) is 7.27. The van der Waals surface area contributed by atoms with Crippen molar-refractivity contribution in [1.82, 2.24) is 14.7 Å². The maximum atomic E-state index is 13.1. The summed E-state index contributed by atoms with van der Waals surface area (Å²) in [5.74, 6) is 1.52. The third kappa shape index (κ3) is 3.73. The monoisotopic (exact) mass is 443 g/mol. The van der Waals surface area contributed by atoms with Crippen molar-refractivity contribution >= 4 is 17.9 Å². The van der Waals surface area contributed by atoms with Crippen molar-refractivity contribution in [2.45, 2.75) is 26.2 Å². The van der Waals surface area contributed by atoms with E-state index in [-0.39, 0.29) is 36.0 Å². The Balaban J connectivity index is 1.12. The minimum atomic E-state index is -0.304. The van der Waals surface area contributed by atoms with E-state index in [4.69, 9.17) is 14.2 Å². The van der Waals surface area contributed by atoms with Crippen molar-refractivity contribution in [1.29, 1.82) is 0 Å². The summed E-state index contributed by atoms with van der Waals surface area (Å²) in [6, 6.07) is 5.30. The molecule has 0 aromatic heterocycles. The first kappa shape index (κ1) is 20.9. The van der Waals surface area contributed by atoms with Gasteiger partial charge in [0.05, 0.1) is 6.61 Å². The minimum Gasteiger partial charge on any atom is -0.454 e. The lowest BCUT2D eigenvalue weighted by atomic mass is 9.90. The van der Waals surface area contributed by atoms with Gasteiger partial charge in [-0.05, 0) is 49.8 Å². The van der Waals surface area contributed by atoms with Gasteiger partial charge in [-0.1, -0.05) is 0 Å². The highest BCUT2D eigenvalue weighted by Gasteiger charge is 2.59. The highest BCUT2D eigenvalue weighted by Crippen LogP contribution is 2.60.